The van der Waals surface area contributed by atoms with E-state index in [9.17, 15) is 19.5 Å². The number of hydrogen-bond donors (Lipinski definition) is 2. The Morgan fingerprint density at radius 2 is 1.95 bits per heavy atom. The zero-order valence-electron chi connectivity index (χ0n) is 19.2. The molecule has 1 aromatic heterocycles. The number of fused-ring (bicyclic) bond motifs is 1. The van der Waals surface area contributed by atoms with Crippen LogP contribution in [0.1, 0.15) is 5.76 Å². The molecule has 3 heterocycles. The fourth-order valence-electron chi connectivity index (χ4n) is 3.96. The third-order valence-electron chi connectivity index (χ3n) is 5.75. The van der Waals surface area contributed by atoms with Gasteiger partial charge in [-0.05, 0) is 35.9 Å². The second kappa shape index (κ2) is 11.0. The molecule has 37 heavy (non-hydrogen) atoms. The zero-order valence-corrected chi connectivity index (χ0v) is 22.4. The maximum Gasteiger partial charge on any atom is 0.352 e. The van der Waals surface area contributed by atoms with Gasteiger partial charge in [-0.25, -0.2) is 4.79 Å². The molecule has 0 bridgehead atoms. The van der Waals surface area contributed by atoms with Crippen LogP contribution in [0, 0.1) is 0 Å². The van der Waals surface area contributed by atoms with Crippen LogP contribution >= 0.6 is 39.5 Å². The maximum absolute atomic E-state index is 12.9. The minimum absolute atomic E-state index is 0.0817. The van der Waals surface area contributed by atoms with E-state index in [2.05, 4.69) is 26.4 Å². The Hall–Kier alpha value is -3.28. The largest absolute Gasteiger partial charge is 0.477 e. The van der Waals surface area contributed by atoms with Crippen LogP contribution in [0.15, 0.2) is 91.9 Å². The average molecular weight is 599 g/mol. The van der Waals surface area contributed by atoms with Gasteiger partial charge in [-0.1, -0.05) is 57.5 Å². The Morgan fingerprint density at radius 1 is 1.19 bits per heavy atom. The minimum Gasteiger partial charge on any atom is -0.477 e. The lowest BCUT2D eigenvalue weighted by atomic mass is 10.0. The van der Waals surface area contributed by atoms with Crippen molar-refractivity contribution in [2.24, 2.45) is 0 Å². The van der Waals surface area contributed by atoms with Gasteiger partial charge in [0.05, 0.1) is 5.75 Å². The molecule has 2 amide bonds. The molecule has 1 fully saturated rings. The first-order valence-corrected chi connectivity index (χ1v) is 14.0. The number of aromatic nitrogens is 1. The SMILES string of the molecule is O=C(CSc1ccccc1)N[C@@H]1C(=O)N2C(C(=O)O)=C(/C=C/c3cc(-c4ccc(Br)cc4)no3)CS[C@H]12. The fraction of sp³-hybridized carbons (Fsp3) is 0.154. The Labute approximate surface area is 229 Å². The van der Waals surface area contributed by atoms with E-state index in [1.165, 1.54) is 28.4 Å². The van der Waals surface area contributed by atoms with Crippen molar-refractivity contribution in [3.8, 4) is 11.3 Å². The summed E-state index contributed by atoms with van der Waals surface area (Å²) in [6.45, 7) is 0. The van der Waals surface area contributed by atoms with E-state index in [4.69, 9.17) is 4.52 Å². The lowest BCUT2D eigenvalue weighted by molar-refractivity contribution is -0.150. The number of allylic oxidation sites excluding steroid dienone is 1. The molecule has 11 heteroatoms. The average Bonchev–Trinajstić information content (AvgIpc) is 3.38. The first kappa shape index (κ1) is 25.4. The van der Waals surface area contributed by atoms with Crippen molar-refractivity contribution in [1.29, 1.82) is 0 Å². The summed E-state index contributed by atoms with van der Waals surface area (Å²) in [6.07, 6.45) is 3.27. The van der Waals surface area contributed by atoms with Gasteiger partial charge in [-0.3, -0.25) is 14.5 Å². The molecular weight excluding hydrogens is 578 g/mol. The van der Waals surface area contributed by atoms with Crippen LogP contribution < -0.4 is 5.32 Å². The van der Waals surface area contributed by atoms with Crippen LogP contribution in [0.4, 0.5) is 0 Å². The number of aliphatic carboxylic acids is 1. The molecule has 188 valence electrons. The first-order valence-electron chi connectivity index (χ1n) is 11.2. The van der Waals surface area contributed by atoms with Crippen LogP contribution in [-0.2, 0) is 14.4 Å². The van der Waals surface area contributed by atoms with Gasteiger partial charge in [0.2, 0.25) is 5.91 Å². The van der Waals surface area contributed by atoms with Gasteiger partial charge in [0, 0.05) is 26.8 Å². The molecule has 2 N–H and O–H groups in total. The lowest BCUT2D eigenvalue weighted by Crippen LogP contribution is -2.70. The van der Waals surface area contributed by atoms with Crippen LogP contribution in [0.2, 0.25) is 0 Å². The number of carbonyl (C=O) groups is 3. The van der Waals surface area contributed by atoms with E-state index in [0.29, 0.717) is 22.8 Å². The quantitative estimate of drug-likeness (QED) is 0.285. The molecule has 2 atom stereocenters. The number of nitrogens with zero attached hydrogens (tertiary/aromatic N) is 2. The monoisotopic (exact) mass is 597 g/mol. The van der Waals surface area contributed by atoms with E-state index in [1.54, 1.807) is 18.2 Å². The summed E-state index contributed by atoms with van der Waals surface area (Å²) in [5, 5.41) is 16.2. The van der Waals surface area contributed by atoms with E-state index >= 15 is 0 Å². The predicted molar refractivity (Wildman–Crippen MR) is 146 cm³/mol. The van der Waals surface area contributed by atoms with Crippen molar-refractivity contribution in [3.63, 3.8) is 0 Å². The topological polar surface area (TPSA) is 113 Å². The number of thioether (sulfide) groups is 2. The van der Waals surface area contributed by atoms with E-state index in [-0.39, 0.29) is 17.4 Å². The van der Waals surface area contributed by atoms with E-state index < -0.39 is 23.3 Å². The molecule has 2 aliphatic rings. The lowest BCUT2D eigenvalue weighted by Gasteiger charge is -2.49. The summed E-state index contributed by atoms with van der Waals surface area (Å²) < 4.78 is 6.33. The fourth-order valence-corrected chi connectivity index (χ4v) is 6.27. The molecule has 8 nitrogen and oxygen atoms in total. The Bertz CT molecular complexity index is 1410. The van der Waals surface area contributed by atoms with Crippen molar-refractivity contribution >= 4 is 63.3 Å². The van der Waals surface area contributed by atoms with Crippen LogP contribution in [-0.4, -0.2) is 55.9 Å². The number of nitrogens with one attached hydrogen (secondary N) is 1. The van der Waals surface area contributed by atoms with Gasteiger partial charge in [-0.15, -0.1) is 23.5 Å². The number of halogens is 1. The molecule has 0 unspecified atom stereocenters. The van der Waals surface area contributed by atoms with Crippen LogP contribution in [0.25, 0.3) is 17.3 Å². The summed E-state index contributed by atoms with van der Waals surface area (Å²) in [4.78, 5) is 39.6. The summed E-state index contributed by atoms with van der Waals surface area (Å²) >= 11 is 6.18. The first-order chi connectivity index (χ1) is 17.9. The molecule has 0 saturated carbocycles. The van der Waals surface area contributed by atoms with Crippen molar-refractivity contribution in [3.05, 3.63) is 88.2 Å². The van der Waals surface area contributed by atoms with Crippen molar-refractivity contribution in [2.75, 3.05) is 11.5 Å². The highest BCUT2D eigenvalue weighted by atomic mass is 79.9. The Morgan fingerprint density at radius 3 is 2.68 bits per heavy atom. The van der Waals surface area contributed by atoms with Gasteiger partial charge in [0.1, 0.15) is 22.8 Å². The van der Waals surface area contributed by atoms with E-state index in [0.717, 1.165) is 14.9 Å². The summed E-state index contributed by atoms with van der Waals surface area (Å²) in [6, 6.07) is 18.1. The molecule has 0 aliphatic carbocycles. The summed E-state index contributed by atoms with van der Waals surface area (Å²) in [7, 11) is 0. The number of hydrogen-bond acceptors (Lipinski definition) is 7. The smallest absolute Gasteiger partial charge is 0.352 e. The van der Waals surface area contributed by atoms with Crippen molar-refractivity contribution in [1.82, 2.24) is 15.4 Å². The predicted octanol–water partition coefficient (Wildman–Crippen LogP) is 4.65. The van der Waals surface area contributed by atoms with Gasteiger partial charge in [0.15, 0.2) is 5.76 Å². The molecule has 0 radical (unpaired) electrons. The molecule has 3 aromatic rings. The third kappa shape index (κ3) is 5.53. The van der Waals surface area contributed by atoms with Crippen molar-refractivity contribution in [2.45, 2.75) is 16.3 Å². The molecule has 5 rings (SSSR count). The summed E-state index contributed by atoms with van der Waals surface area (Å²) in [5.74, 6) is -0.915. The number of carboxylic acid groups (broad SMARTS) is 1. The third-order valence-corrected chi connectivity index (χ3v) is 8.59. The Balaban J connectivity index is 1.26. The maximum atomic E-state index is 12.9. The molecule has 0 spiro atoms. The molecular formula is C26H20BrN3O5S2. The summed E-state index contributed by atoms with van der Waals surface area (Å²) in [5.41, 5.74) is 1.93. The minimum atomic E-state index is -1.20. The highest BCUT2D eigenvalue weighted by Gasteiger charge is 2.53. The number of carboxylic acids is 1. The van der Waals surface area contributed by atoms with Crippen molar-refractivity contribution < 1.29 is 24.0 Å². The normalized spacial score (nSPS) is 19.1. The van der Waals surface area contributed by atoms with Gasteiger partial charge >= 0.3 is 5.97 Å². The Kier molecular flexibility index (Phi) is 7.54. The molecule has 2 aromatic carbocycles. The second-order valence-electron chi connectivity index (χ2n) is 8.19. The number of β-lactam (4-membered cyclic amide) rings is 1. The van der Waals surface area contributed by atoms with Gasteiger partial charge in [-0.2, -0.15) is 0 Å². The van der Waals surface area contributed by atoms with Gasteiger partial charge < -0.3 is 14.9 Å². The standard InChI is InChI=1S/C26H20BrN3O5S2/c27-17-9-6-15(7-10-17)20-12-18(35-29-20)11-8-16-13-37-25-22(24(32)30(25)23(16)26(33)34)28-21(31)14-36-19-4-2-1-3-5-19/h1-12,22,25H,13-14H2,(H,28,31)(H,33,34)/b11-8+/t22-,25-/m1/s1. The number of benzene rings is 2. The van der Waals surface area contributed by atoms with Crippen LogP contribution in [0.5, 0.6) is 0 Å². The highest BCUT2D eigenvalue weighted by molar-refractivity contribution is 9.10. The van der Waals surface area contributed by atoms with E-state index in [1.807, 2.05) is 54.6 Å². The van der Waals surface area contributed by atoms with Gasteiger partial charge in [0.25, 0.3) is 5.91 Å². The van der Waals surface area contributed by atoms with Crippen LogP contribution in [0.3, 0.4) is 0 Å². The number of amides is 2. The second-order valence-corrected chi connectivity index (χ2v) is 11.3. The molecule has 2 aliphatic heterocycles. The number of rotatable bonds is 8. The zero-order chi connectivity index (χ0) is 25.9. The molecule has 1 saturated heterocycles. The highest BCUT2D eigenvalue weighted by Crippen LogP contribution is 2.41. The number of carbonyl (C=O) groups excluding carboxylic acids is 2.